The number of aromatic nitrogens is 2. The van der Waals surface area contributed by atoms with Crippen molar-refractivity contribution in [2.24, 2.45) is 5.92 Å². The van der Waals surface area contributed by atoms with Crippen LogP contribution in [0.15, 0.2) is 89.8 Å². The molecule has 226 valence electrons. The maximum Gasteiger partial charge on any atom is 0.243 e. The average molecular weight is 672 g/mol. The van der Waals surface area contributed by atoms with Crippen molar-refractivity contribution < 1.29 is 9.59 Å². The molecule has 1 N–H and O–H groups in total. The molecule has 1 saturated heterocycles. The first-order valence-corrected chi connectivity index (χ1v) is 16.6. The largest absolute Gasteiger partial charge is 0.350 e. The van der Waals surface area contributed by atoms with Crippen molar-refractivity contribution in [3.8, 4) is 0 Å². The number of fused-ring (bicyclic) bond motifs is 2. The standard InChI is InChI=1S/C36H36BrClN4O2/c37-29-18-28-12-11-26-19-30(38)13-14-31(26)34(35(28)40-23-29)27-9-5-17-42(33(43)15-10-24-6-2-1-3-7-24)32(20-27)36(44)41-22-25-8-4-16-39-21-25/h1-4,6-8,13-14,16,18-19,21,23,27,32,34H,5,9-12,15,17,20,22H2,(H,41,44). The number of hydrogen-bond acceptors (Lipinski definition) is 4. The fraction of sp³-hybridized carbons (Fsp3) is 0.333. The molecule has 1 fully saturated rings. The lowest BCUT2D eigenvalue weighted by atomic mass is 9.76. The minimum atomic E-state index is -0.583. The number of carbonyl (C=O) groups is 2. The first-order chi connectivity index (χ1) is 21.5. The van der Waals surface area contributed by atoms with Gasteiger partial charge in [0.1, 0.15) is 6.04 Å². The number of nitrogens with zero attached hydrogens (tertiary/aromatic N) is 3. The van der Waals surface area contributed by atoms with Gasteiger partial charge in [-0.1, -0.05) is 54.1 Å². The summed E-state index contributed by atoms with van der Waals surface area (Å²) in [5.74, 6) is 0.0108. The van der Waals surface area contributed by atoms with Crippen LogP contribution in [0.25, 0.3) is 0 Å². The number of halogens is 2. The first kappa shape index (κ1) is 30.5. The summed E-state index contributed by atoms with van der Waals surface area (Å²) in [4.78, 5) is 38.9. The van der Waals surface area contributed by atoms with Crippen LogP contribution in [-0.2, 0) is 35.4 Å². The van der Waals surface area contributed by atoms with Crippen molar-refractivity contribution in [1.82, 2.24) is 20.2 Å². The fourth-order valence-electron chi connectivity index (χ4n) is 6.87. The Balaban J connectivity index is 1.32. The first-order valence-electron chi connectivity index (χ1n) is 15.4. The van der Waals surface area contributed by atoms with Gasteiger partial charge in [-0.15, -0.1) is 0 Å². The summed E-state index contributed by atoms with van der Waals surface area (Å²) in [6.45, 7) is 0.916. The number of carbonyl (C=O) groups excluding carboxylic acids is 2. The van der Waals surface area contributed by atoms with Gasteiger partial charge in [-0.25, -0.2) is 0 Å². The van der Waals surface area contributed by atoms with Crippen molar-refractivity contribution in [2.45, 2.75) is 63.5 Å². The van der Waals surface area contributed by atoms with Crippen LogP contribution in [0.1, 0.15) is 65.1 Å². The van der Waals surface area contributed by atoms with E-state index in [1.165, 1.54) is 16.7 Å². The lowest BCUT2D eigenvalue weighted by Gasteiger charge is -2.33. The number of rotatable bonds is 7. The molecule has 8 heteroatoms. The van der Waals surface area contributed by atoms with Gasteiger partial charge in [0, 0.05) is 53.5 Å². The lowest BCUT2D eigenvalue weighted by Crippen LogP contribution is -2.50. The Morgan fingerprint density at radius 1 is 0.977 bits per heavy atom. The smallest absolute Gasteiger partial charge is 0.243 e. The second-order valence-corrected chi connectivity index (χ2v) is 13.2. The second kappa shape index (κ2) is 14.0. The molecular weight excluding hydrogens is 636 g/mol. The quantitative estimate of drug-likeness (QED) is 0.228. The Kier molecular flexibility index (Phi) is 9.72. The molecule has 3 unspecified atom stereocenters. The monoisotopic (exact) mass is 670 g/mol. The summed E-state index contributed by atoms with van der Waals surface area (Å²) in [7, 11) is 0. The van der Waals surface area contributed by atoms with E-state index < -0.39 is 6.04 Å². The van der Waals surface area contributed by atoms with Crippen molar-refractivity contribution in [3.63, 3.8) is 0 Å². The zero-order chi connectivity index (χ0) is 30.5. The summed E-state index contributed by atoms with van der Waals surface area (Å²) in [5.41, 5.74) is 6.78. The molecule has 6 rings (SSSR count). The van der Waals surface area contributed by atoms with Crippen molar-refractivity contribution in [3.05, 3.63) is 128 Å². The minimum Gasteiger partial charge on any atom is -0.350 e. The molecule has 0 spiro atoms. The minimum absolute atomic E-state index is 0.000797. The number of likely N-dealkylation sites (tertiary alicyclic amines) is 1. The van der Waals surface area contributed by atoms with Crippen LogP contribution in [0.5, 0.6) is 0 Å². The number of amides is 2. The number of pyridine rings is 2. The van der Waals surface area contributed by atoms with E-state index in [4.69, 9.17) is 16.6 Å². The molecule has 0 saturated carbocycles. The average Bonchev–Trinajstić information content (AvgIpc) is 3.36. The lowest BCUT2D eigenvalue weighted by molar-refractivity contribution is -0.140. The fourth-order valence-corrected chi connectivity index (χ4v) is 7.44. The molecule has 1 aliphatic carbocycles. The van der Waals surface area contributed by atoms with Crippen LogP contribution >= 0.6 is 27.5 Å². The van der Waals surface area contributed by atoms with Gasteiger partial charge in [0.2, 0.25) is 11.8 Å². The Hall–Kier alpha value is -3.55. The highest BCUT2D eigenvalue weighted by Crippen LogP contribution is 2.44. The van der Waals surface area contributed by atoms with Crippen LogP contribution in [-0.4, -0.2) is 39.3 Å². The van der Waals surface area contributed by atoms with E-state index in [2.05, 4.69) is 44.4 Å². The van der Waals surface area contributed by atoms with Crippen LogP contribution < -0.4 is 5.32 Å². The molecule has 2 aromatic heterocycles. The predicted molar refractivity (Wildman–Crippen MR) is 176 cm³/mol. The molecule has 1 aliphatic heterocycles. The van der Waals surface area contributed by atoms with Gasteiger partial charge in [-0.3, -0.25) is 19.6 Å². The van der Waals surface area contributed by atoms with Gasteiger partial charge >= 0.3 is 0 Å². The Labute approximate surface area is 272 Å². The molecule has 4 aromatic rings. The third-order valence-corrected chi connectivity index (χ3v) is 9.67. The topological polar surface area (TPSA) is 75.2 Å². The second-order valence-electron chi connectivity index (χ2n) is 11.8. The van der Waals surface area contributed by atoms with Gasteiger partial charge < -0.3 is 10.2 Å². The third-order valence-electron chi connectivity index (χ3n) is 9.00. The molecule has 3 heterocycles. The summed E-state index contributed by atoms with van der Waals surface area (Å²) < 4.78 is 0.961. The van der Waals surface area contributed by atoms with Crippen LogP contribution in [0.4, 0.5) is 0 Å². The zero-order valence-corrected chi connectivity index (χ0v) is 26.9. The van der Waals surface area contributed by atoms with E-state index in [1.807, 2.05) is 59.6 Å². The van der Waals surface area contributed by atoms with E-state index in [1.54, 1.807) is 12.4 Å². The molecular formula is C36H36BrClN4O2. The summed E-state index contributed by atoms with van der Waals surface area (Å²) in [5, 5.41) is 3.86. The van der Waals surface area contributed by atoms with Crippen LogP contribution in [0.2, 0.25) is 5.02 Å². The normalized spacial score (nSPS) is 19.7. The van der Waals surface area contributed by atoms with Crippen molar-refractivity contribution in [2.75, 3.05) is 6.54 Å². The summed E-state index contributed by atoms with van der Waals surface area (Å²) in [6, 6.07) is 21.6. The summed E-state index contributed by atoms with van der Waals surface area (Å²) in [6.07, 6.45) is 10.4. The molecule has 3 atom stereocenters. The maximum absolute atomic E-state index is 14.0. The highest BCUT2D eigenvalue weighted by molar-refractivity contribution is 9.10. The van der Waals surface area contributed by atoms with Gasteiger partial charge in [0.15, 0.2) is 0 Å². The van der Waals surface area contributed by atoms with Crippen molar-refractivity contribution in [1.29, 1.82) is 0 Å². The van der Waals surface area contributed by atoms with Gasteiger partial charge in [-0.05, 0) is 112 Å². The van der Waals surface area contributed by atoms with Crippen LogP contribution in [0.3, 0.4) is 0 Å². The van der Waals surface area contributed by atoms with E-state index in [0.717, 1.165) is 52.0 Å². The van der Waals surface area contributed by atoms with E-state index in [-0.39, 0.29) is 23.7 Å². The molecule has 6 nitrogen and oxygen atoms in total. The number of hydrogen-bond donors (Lipinski definition) is 1. The summed E-state index contributed by atoms with van der Waals surface area (Å²) >= 11 is 10.1. The molecule has 2 amide bonds. The Bertz CT molecular complexity index is 1560. The molecule has 0 radical (unpaired) electrons. The highest BCUT2D eigenvalue weighted by atomic mass is 79.9. The van der Waals surface area contributed by atoms with Crippen LogP contribution in [0, 0.1) is 5.92 Å². The predicted octanol–water partition coefficient (Wildman–Crippen LogP) is 7.07. The molecule has 2 aliphatic rings. The van der Waals surface area contributed by atoms with E-state index in [9.17, 15) is 9.59 Å². The van der Waals surface area contributed by atoms with E-state index in [0.29, 0.717) is 32.4 Å². The Morgan fingerprint density at radius 2 is 1.80 bits per heavy atom. The van der Waals surface area contributed by atoms with Gasteiger partial charge in [0.25, 0.3) is 0 Å². The van der Waals surface area contributed by atoms with E-state index >= 15 is 0 Å². The van der Waals surface area contributed by atoms with Gasteiger partial charge in [-0.2, -0.15) is 0 Å². The van der Waals surface area contributed by atoms with Gasteiger partial charge in [0.05, 0.1) is 5.69 Å². The SMILES string of the molecule is O=C(NCc1cccnc1)C1CC(C2c3ccc(Cl)cc3CCc3cc(Br)cnc32)CCCN1C(=O)CCc1ccccc1. The number of benzene rings is 2. The maximum atomic E-state index is 14.0. The number of aryl methyl sites for hydroxylation is 3. The zero-order valence-electron chi connectivity index (χ0n) is 24.6. The van der Waals surface area contributed by atoms with Crippen molar-refractivity contribution >= 4 is 39.3 Å². The molecule has 0 bridgehead atoms. The molecule has 44 heavy (non-hydrogen) atoms. The Morgan fingerprint density at radius 3 is 2.61 bits per heavy atom. The highest BCUT2D eigenvalue weighted by Gasteiger charge is 2.40. The number of nitrogens with one attached hydrogen (secondary N) is 1. The molecule has 2 aromatic carbocycles. The third kappa shape index (κ3) is 7.05.